The van der Waals surface area contributed by atoms with E-state index < -0.39 is 0 Å². The van der Waals surface area contributed by atoms with Crippen molar-refractivity contribution in [1.82, 2.24) is 10.2 Å². The summed E-state index contributed by atoms with van der Waals surface area (Å²) in [7, 11) is 0. The van der Waals surface area contributed by atoms with Crippen molar-refractivity contribution in [2.45, 2.75) is 6.04 Å². The minimum absolute atomic E-state index is 0. The minimum atomic E-state index is 0. The Morgan fingerprint density at radius 2 is 2.36 bits per heavy atom. The summed E-state index contributed by atoms with van der Waals surface area (Å²) in [5.74, 6) is 0. The van der Waals surface area contributed by atoms with Gasteiger partial charge in [-0.3, -0.25) is 0 Å². The number of nitrogens with two attached hydrogens (primary N) is 1. The number of hydrogen-bond donors (Lipinski definition) is 1. The number of halogens is 1. The van der Waals surface area contributed by atoms with Crippen molar-refractivity contribution in [3.05, 3.63) is 5.51 Å². The van der Waals surface area contributed by atoms with Crippen molar-refractivity contribution < 1.29 is 0 Å². The molecule has 2 rings (SSSR count). The molecule has 0 unspecified atom stereocenters. The second-order valence-corrected chi connectivity index (χ2v) is 3.20. The van der Waals surface area contributed by atoms with Crippen LogP contribution in [0.2, 0.25) is 0 Å². The summed E-state index contributed by atoms with van der Waals surface area (Å²) >= 11 is 1.56. The zero-order valence-corrected chi connectivity index (χ0v) is 7.44. The standard InChI is InChI=1S/C5H8N4S.ClH/c6-4-1-9(2-4)5-8-7-3-10-5;/h3-4H,1-2,6H2;1H. The van der Waals surface area contributed by atoms with Crippen molar-refractivity contribution in [2.24, 2.45) is 5.73 Å². The number of anilines is 1. The first-order valence-electron chi connectivity index (χ1n) is 3.13. The van der Waals surface area contributed by atoms with E-state index in [0.717, 1.165) is 18.2 Å². The molecular formula is C5H9ClN4S. The van der Waals surface area contributed by atoms with Crippen LogP contribution in [0.15, 0.2) is 5.51 Å². The van der Waals surface area contributed by atoms with E-state index in [1.54, 1.807) is 16.8 Å². The maximum atomic E-state index is 5.59. The van der Waals surface area contributed by atoms with Gasteiger partial charge in [-0.2, -0.15) is 0 Å². The quantitative estimate of drug-likeness (QED) is 0.686. The van der Waals surface area contributed by atoms with Crippen LogP contribution >= 0.6 is 23.7 Å². The number of rotatable bonds is 1. The summed E-state index contributed by atoms with van der Waals surface area (Å²) in [5, 5.41) is 8.64. The minimum Gasteiger partial charge on any atom is -0.343 e. The fourth-order valence-corrected chi connectivity index (χ4v) is 1.55. The molecule has 6 heteroatoms. The van der Waals surface area contributed by atoms with E-state index in [1.165, 1.54) is 0 Å². The highest BCUT2D eigenvalue weighted by atomic mass is 35.5. The average molecular weight is 193 g/mol. The highest BCUT2D eigenvalue weighted by Crippen LogP contribution is 2.20. The van der Waals surface area contributed by atoms with Gasteiger partial charge >= 0.3 is 0 Å². The molecule has 0 bridgehead atoms. The second-order valence-electron chi connectivity index (χ2n) is 2.39. The van der Waals surface area contributed by atoms with Crippen LogP contribution in [0.25, 0.3) is 0 Å². The third-order valence-electron chi connectivity index (χ3n) is 1.53. The van der Waals surface area contributed by atoms with Crippen molar-refractivity contribution in [3.63, 3.8) is 0 Å². The first-order chi connectivity index (χ1) is 4.86. The van der Waals surface area contributed by atoms with E-state index in [9.17, 15) is 0 Å². The molecule has 0 aliphatic carbocycles. The Hall–Kier alpha value is -0.390. The third-order valence-corrected chi connectivity index (χ3v) is 2.28. The molecule has 0 aromatic carbocycles. The molecular weight excluding hydrogens is 184 g/mol. The molecule has 0 spiro atoms. The van der Waals surface area contributed by atoms with Gasteiger partial charge in [-0.1, -0.05) is 11.3 Å². The van der Waals surface area contributed by atoms with E-state index in [0.29, 0.717) is 6.04 Å². The van der Waals surface area contributed by atoms with Crippen LogP contribution in [0.3, 0.4) is 0 Å². The zero-order valence-electron chi connectivity index (χ0n) is 5.80. The van der Waals surface area contributed by atoms with Gasteiger partial charge < -0.3 is 10.6 Å². The van der Waals surface area contributed by atoms with Gasteiger partial charge in [-0.25, -0.2) is 0 Å². The highest BCUT2D eigenvalue weighted by Gasteiger charge is 2.24. The predicted molar refractivity (Wildman–Crippen MR) is 47.3 cm³/mol. The van der Waals surface area contributed by atoms with Crippen LogP contribution in [0.5, 0.6) is 0 Å². The lowest BCUT2D eigenvalue weighted by Gasteiger charge is -2.35. The summed E-state index contributed by atoms with van der Waals surface area (Å²) in [5.41, 5.74) is 7.33. The van der Waals surface area contributed by atoms with Crippen LogP contribution in [0.1, 0.15) is 0 Å². The summed E-state index contributed by atoms with van der Waals surface area (Å²) in [6.45, 7) is 1.85. The maximum Gasteiger partial charge on any atom is 0.208 e. The fourth-order valence-electron chi connectivity index (χ4n) is 0.974. The van der Waals surface area contributed by atoms with E-state index in [1.807, 2.05) is 0 Å². The molecule has 2 N–H and O–H groups in total. The summed E-state index contributed by atoms with van der Waals surface area (Å²) in [4.78, 5) is 2.13. The molecule has 2 heterocycles. The SMILES string of the molecule is Cl.NC1CN(c2nncs2)C1. The first-order valence-corrected chi connectivity index (χ1v) is 4.01. The molecule has 1 aromatic heterocycles. The van der Waals surface area contributed by atoms with E-state index in [2.05, 4.69) is 15.1 Å². The molecule has 4 nitrogen and oxygen atoms in total. The van der Waals surface area contributed by atoms with E-state index in [-0.39, 0.29) is 12.4 Å². The monoisotopic (exact) mass is 192 g/mol. The molecule has 1 saturated heterocycles. The van der Waals surface area contributed by atoms with Gasteiger partial charge in [0.05, 0.1) is 0 Å². The molecule has 11 heavy (non-hydrogen) atoms. The smallest absolute Gasteiger partial charge is 0.208 e. The lowest BCUT2D eigenvalue weighted by atomic mass is 10.1. The lowest BCUT2D eigenvalue weighted by molar-refractivity contribution is 0.517. The van der Waals surface area contributed by atoms with Gasteiger partial charge in [-0.05, 0) is 0 Å². The largest absolute Gasteiger partial charge is 0.343 e. The number of aromatic nitrogens is 2. The Morgan fingerprint density at radius 1 is 1.64 bits per heavy atom. The number of hydrogen-bond acceptors (Lipinski definition) is 5. The molecule has 1 aliphatic rings. The molecule has 0 saturated carbocycles. The fraction of sp³-hybridized carbons (Fsp3) is 0.600. The zero-order chi connectivity index (χ0) is 6.97. The highest BCUT2D eigenvalue weighted by molar-refractivity contribution is 7.13. The van der Waals surface area contributed by atoms with Crippen LogP contribution in [0, 0.1) is 0 Å². The van der Waals surface area contributed by atoms with Gasteiger partial charge in [0.15, 0.2) is 0 Å². The van der Waals surface area contributed by atoms with Gasteiger partial charge in [0.1, 0.15) is 5.51 Å². The molecule has 0 atom stereocenters. The molecule has 1 fully saturated rings. The third kappa shape index (κ3) is 1.61. The van der Waals surface area contributed by atoms with Crippen LogP contribution in [0.4, 0.5) is 5.13 Å². The Labute approximate surface area is 74.8 Å². The predicted octanol–water partition coefficient (Wildman–Crippen LogP) is 0.107. The topological polar surface area (TPSA) is 55.0 Å². The molecule has 1 aromatic rings. The Bertz CT molecular complexity index is 208. The maximum absolute atomic E-state index is 5.59. The van der Waals surface area contributed by atoms with Crippen molar-refractivity contribution in [3.8, 4) is 0 Å². The van der Waals surface area contributed by atoms with Crippen molar-refractivity contribution >= 4 is 28.9 Å². The molecule has 1 aliphatic heterocycles. The average Bonchev–Trinajstić information content (AvgIpc) is 2.31. The van der Waals surface area contributed by atoms with E-state index >= 15 is 0 Å². The summed E-state index contributed by atoms with van der Waals surface area (Å²) in [6.07, 6.45) is 0. The second kappa shape index (κ2) is 3.34. The summed E-state index contributed by atoms with van der Waals surface area (Å²) in [6, 6.07) is 0.337. The normalized spacial score (nSPS) is 17.4. The Kier molecular flexibility index (Phi) is 2.64. The van der Waals surface area contributed by atoms with Gasteiger partial charge in [0, 0.05) is 19.1 Å². The molecule has 62 valence electrons. The molecule has 0 radical (unpaired) electrons. The van der Waals surface area contributed by atoms with Crippen LogP contribution in [-0.4, -0.2) is 29.3 Å². The first kappa shape index (κ1) is 8.70. The van der Waals surface area contributed by atoms with Crippen molar-refractivity contribution in [2.75, 3.05) is 18.0 Å². The Morgan fingerprint density at radius 3 is 2.82 bits per heavy atom. The summed E-state index contributed by atoms with van der Waals surface area (Å²) < 4.78 is 0. The Balaban J connectivity index is 0.000000605. The van der Waals surface area contributed by atoms with Crippen molar-refractivity contribution in [1.29, 1.82) is 0 Å². The number of nitrogens with zero attached hydrogens (tertiary/aromatic N) is 3. The lowest BCUT2D eigenvalue weighted by Crippen LogP contribution is -2.55. The van der Waals surface area contributed by atoms with Gasteiger partial charge in [0.25, 0.3) is 0 Å². The van der Waals surface area contributed by atoms with Crippen LogP contribution in [-0.2, 0) is 0 Å². The van der Waals surface area contributed by atoms with Gasteiger partial charge in [-0.15, -0.1) is 22.6 Å². The van der Waals surface area contributed by atoms with Gasteiger partial charge in [0.2, 0.25) is 5.13 Å². The molecule has 0 amide bonds. The van der Waals surface area contributed by atoms with E-state index in [4.69, 9.17) is 5.73 Å². The van der Waals surface area contributed by atoms with Crippen LogP contribution < -0.4 is 10.6 Å².